The van der Waals surface area contributed by atoms with E-state index in [0.717, 1.165) is 36.7 Å². The Morgan fingerprint density at radius 3 is 2.88 bits per heavy atom. The van der Waals surface area contributed by atoms with Crippen molar-refractivity contribution < 1.29 is 9.18 Å². The van der Waals surface area contributed by atoms with Crippen LogP contribution in [0.5, 0.6) is 0 Å². The second kappa shape index (κ2) is 7.85. The number of amides is 1. The first kappa shape index (κ1) is 20.2. The lowest BCUT2D eigenvalue weighted by Gasteiger charge is -2.40. The lowest BCUT2D eigenvalue weighted by Crippen LogP contribution is -2.49. The van der Waals surface area contributed by atoms with E-state index in [-0.39, 0.29) is 11.6 Å². The average Bonchev–Trinajstić information content (AvgIpc) is 3.42. The summed E-state index contributed by atoms with van der Waals surface area (Å²) in [5.41, 5.74) is 4.21. The molecule has 1 amide bonds. The van der Waals surface area contributed by atoms with E-state index < -0.39 is 5.82 Å². The van der Waals surface area contributed by atoms with Gasteiger partial charge in [-0.2, -0.15) is 0 Å². The first-order valence-corrected chi connectivity index (χ1v) is 11.5. The molecule has 4 aliphatic heterocycles. The minimum absolute atomic E-state index is 0.149. The number of imidazole rings is 1. The molecule has 1 atom stereocenters. The fourth-order valence-corrected chi connectivity index (χ4v) is 5.26. The summed E-state index contributed by atoms with van der Waals surface area (Å²) < 4.78 is 16.3. The summed E-state index contributed by atoms with van der Waals surface area (Å²) in [6.07, 6.45) is 19.4. The minimum Gasteiger partial charge on any atom is -0.367 e. The normalized spacial score (nSPS) is 24.7. The summed E-state index contributed by atoms with van der Waals surface area (Å²) in [6.45, 7) is 6.08. The average molecular weight is 444 g/mol. The number of nitrogens with zero attached hydrogens (tertiary/aromatic N) is 5. The smallest absolute Gasteiger partial charge is 0.255 e. The van der Waals surface area contributed by atoms with Crippen LogP contribution in [0.25, 0.3) is 11.2 Å². The number of fused-ring (bicyclic) bond motifs is 3. The number of rotatable bonds is 2. The molecule has 0 unspecified atom stereocenters. The quantitative estimate of drug-likeness (QED) is 0.711. The Bertz CT molecular complexity index is 1300. The number of halogens is 1. The third-order valence-electron chi connectivity index (χ3n) is 6.94. The summed E-state index contributed by atoms with van der Waals surface area (Å²) in [5, 5.41) is 0. The third-order valence-corrected chi connectivity index (χ3v) is 6.94. The molecular formula is C26H26FN5O. The SMILES string of the molecule is Cc1cn2cc(C3=CC(=O)N4C=C(N5CCN6CCC[C@@H]6C5)C=C/C4=C\C=C3)cc(F)c2n1. The number of carbonyl (C=O) groups excluding carboxylic acids is 1. The molecule has 2 saturated heterocycles. The molecule has 0 radical (unpaired) electrons. The first-order valence-electron chi connectivity index (χ1n) is 11.5. The molecule has 0 bridgehead atoms. The van der Waals surface area contributed by atoms with E-state index in [1.807, 2.05) is 43.6 Å². The van der Waals surface area contributed by atoms with Crippen LogP contribution in [0, 0.1) is 12.7 Å². The summed E-state index contributed by atoms with van der Waals surface area (Å²) in [5.74, 6) is -0.556. The van der Waals surface area contributed by atoms with Gasteiger partial charge in [0.25, 0.3) is 5.91 Å². The van der Waals surface area contributed by atoms with Crippen LogP contribution in [0.2, 0.25) is 0 Å². The van der Waals surface area contributed by atoms with Crippen LogP contribution in [-0.2, 0) is 4.79 Å². The highest BCUT2D eigenvalue weighted by Gasteiger charge is 2.32. The fraction of sp³-hybridized carbons (Fsp3) is 0.308. The molecule has 0 saturated carbocycles. The van der Waals surface area contributed by atoms with Crippen LogP contribution < -0.4 is 0 Å². The molecule has 0 aliphatic carbocycles. The van der Waals surface area contributed by atoms with Crippen molar-refractivity contribution in [3.8, 4) is 0 Å². The highest BCUT2D eigenvalue weighted by molar-refractivity contribution is 5.99. The molecule has 6 heterocycles. The van der Waals surface area contributed by atoms with Gasteiger partial charge >= 0.3 is 0 Å². The lowest BCUT2D eigenvalue weighted by molar-refractivity contribution is -0.122. The Hall–Kier alpha value is -3.45. The maximum Gasteiger partial charge on any atom is 0.255 e. The van der Waals surface area contributed by atoms with Gasteiger partial charge in [-0.3, -0.25) is 14.6 Å². The Labute approximate surface area is 192 Å². The van der Waals surface area contributed by atoms with Crippen molar-refractivity contribution in [3.63, 3.8) is 0 Å². The highest BCUT2D eigenvalue weighted by Crippen LogP contribution is 2.29. The Morgan fingerprint density at radius 1 is 1.09 bits per heavy atom. The standard InChI is InChI=1S/C26H26FN5O/c1-18-14-31-15-20(12-24(27)26(31)28-18)19-4-2-5-21-7-8-23(17-32(21)25(33)13-19)30-11-10-29-9-3-6-22(29)16-30/h2,4-5,7-8,12-15,17,22H,3,6,9-11,16H2,1H3/b4-2?,19-13?,21-5+/t22-/m1/s1. The second-order valence-electron chi connectivity index (χ2n) is 9.11. The van der Waals surface area contributed by atoms with Gasteiger partial charge in [0.1, 0.15) is 0 Å². The van der Waals surface area contributed by atoms with Crippen molar-refractivity contribution >= 4 is 17.1 Å². The number of aromatic nitrogens is 2. The number of hydrogen-bond acceptors (Lipinski definition) is 4. The van der Waals surface area contributed by atoms with Crippen LogP contribution in [0.4, 0.5) is 4.39 Å². The topological polar surface area (TPSA) is 44.1 Å². The number of piperazine rings is 1. The van der Waals surface area contributed by atoms with E-state index in [2.05, 4.69) is 20.9 Å². The summed E-state index contributed by atoms with van der Waals surface area (Å²) in [6, 6.07) is 2.05. The largest absolute Gasteiger partial charge is 0.367 e. The van der Waals surface area contributed by atoms with Crippen molar-refractivity contribution in [2.75, 3.05) is 26.2 Å². The molecule has 2 aromatic heterocycles. The number of hydrogen-bond donors (Lipinski definition) is 0. The zero-order valence-corrected chi connectivity index (χ0v) is 18.6. The van der Waals surface area contributed by atoms with Gasteiger partial charge in [0.15, 0.2) is 11.5 Å². The van der Waals surface area contributed by atoms with Crippen molar-refractivity contribution in [2.45, 2.75) is 25.8 Å². The molecule has 33 heavy (non-hydrogen) atoms. The Morgan fingerprint density at radius 2 is 1.97 bits per heavy atom. The lowest BCUT2D eigenvalue weighted by atomic mass is 10.0. The fourth-order valence-electron chi connectivity index (χ4n) is 5.26. The van der Waals surface area contributed by atoms with Gasteiger partial charge in [-0.05, 0) is 56.2 Å². The first-order chi connectivity index (χ1) is 16.0. The molecule has 2 fully saturated rings. The molecule has 4 aliphatic rings. The predicted octanol–water partition coefficient (Wildman–Crippen LogP) is 3.64. The molecule has 6 nitrogen and oxygen atoms in total. The van der Waals surface area contributed by atoms with Crippen molar-refractivity contribution in [1.82, 2.24) is 24.1 Å². The van der Waals surface area contributed by atoms with E-state index >= 15 is 0 Å². The van der Waals surface area contributed by atoms with E-state index in [1.165, 1.54) is 25.5 Å². The molecular weight excluding hydrogens is 417 g/mol. The molecule has 2 aromatic rings. The molecule has 7 heteroatoms. The number of carbonyl (C=O) groups is 1. The molecule has 0 spiro atoms. The van der Waals surface area contributed by atoms with Gasteiger partial charge in [0.2, 0.25) is 0 Å². The number of allylic oxidation sites excluding steroid dienone is 6. The van der Waals surface area contributed by atoms with Crippen LogP contribution in [-0.4, -0.2) is 62.2 Å². The zero-order valence-electron chi connectivity index (χ0n) is 18.6. The van der Waals surface area contributed by atoms with Gasteiger partial charge in [-0.15, -0.1) is 0 Å². The van der Waals surface area contributed by atoms with Crippen molar-refractivity contribution in [3.05, 3.63) is 89.6 Å². The highest BCUT2D eigenvalue weighted by atomic mass is 19.1. The van der Waals surface area contributed by atoms with Crippen molar-refractivity contribution in [2.24, 2.45) is 0 Å². The second-order valence-corrected chi connectivity index (χ2v) is 9.11. The maximum absolute atomic E-state index is 14.6. The Balaban J connectivity index is 1.31. The van der Waals surface area contributed by atoms with E-state index in [4.69, 9.17) is 0 Å². The van der Waals surface area contributed by atoms with E-state index in [0.29, 0.717) is 17.2 Å². The van der Waals surface area contributed by atoms with Gasteiger partial charge in [-0.1, -0.05) is 12.2 Å². The maximum atomic E-state index is 14.6. The summed E-state index contributed by atoms with van der Waals surface area (Å²) in [7, 11) is 0. The van der Waals surface area contributed by atoms with Crippen LogP contribution in [0.15, 0.2) is 72.5 Å². The van der Waals surface area contributed by atoms with E-state index in [9.17, 15) is 9.18 Å². The monoisotopic (exact) mass is 443 g/mol. The third kappa shape index (κ3) is 3.62. The van der Waals surface area contributed by atoms with E-state index in [1.54, 1.807) is 21.6 Å². The molecule has 0 N–H and O–H groups in total. The minimum atomic E-state index is -0.408. The summed E-state index contributed by atoms with van der Waals surface area (Å²) in [4.78, 5) is 24.2. The van der Waals surface area contributed by atoms with Crippen molar-refractivity contribution in [1.29, 1.82) is 0 Å². The number of aryl methyl sites for hydroxylation is 1. The Kier molecular flexibility index (Phi) is 4.80. The number of pyridine rings is 1. The van der Waals surface area contributed by atoms with Gasteiger partial charge in [-0.25, -0.2) is 9.37 Å². The van der Waals surface area contributed by atoms with Gasteiger partial charge in [0.05, 0.1) is 11.4 Å². The van der Waals surface area contributed by atoms with Gasteiger partial charge < -0.3 is 9.30 Å². The predicted molar refractivity (Wildman–Crippen MR) is 125 cm³/mol. The van der Waals surface area contributed by atoms with Gasteiger partial charge in [0, 0.05) is 61.6 Å². The van der Waals surface area contributed by atoms with Crippen LogP contribution in [0.3, 0.4) is 0 Å². The summed E-state index contributed by atoms with van der Waals surface area (Å²) >= 11 is 0. The molecule has 168 valence electrons. The zero-order chi connectivity index (χ0) is 22.5. The van der Waals surface area contributed by atoms with Crippen LogP contribution >= 0.6 is 0 Å². The van der Waals surface area contributed by atoms with Crippen LogP contribution in [0.1, 0.15) is 24.1 Å². The molecule has 0 aromatic carbocycles. The molecule has 6 rings (SSSR count).